The van der Waals surface area contributed by atoms with Crippen molar-refractivity contribution in [3.63, 3.8) is 0 Å². The fourth-order valence-electron chi connectivity index (χ4n) is 2.74. The number of nitrogens with one attached hydrogen (secondary N) is 1. The summed E-state index contributed by atoms with van der Waals surface area (Å²) in [5.41, 5.74) is 6.37. The molecule has 2 aromatic heterocycles. The van der Waals surface area contributed by atoms with Crippen molar-refractivity contribution in [2.75, 3.05) is 12.3 Å². The van der Waals surface area contributed by atoms with Crippen LogP contribution in [-0.2, 0) is 10.4 Å². The number of imidazole rings is 1. The van der Waals surface area contributed by atoms with Gasteiger partial charge in [0.1, 0.15) is 0 Å². The second-order valence-corrected chi connectivity index (χ2v) is 6.30. The van der Waals surface area contributed by atoms with Crippen molar-refractivity contribution in [1.29, 1.82) is 0 Å². The van der Waals surface area contributed by atoms with E-state index in [9.17, 15) is 15.0 Å². The third-order valence-corrected chi connectivity index (χ3v) is 3.82. The normalized spacial score (nSPS) is 22.6. The Morgan fingerprint density at radius 1 is 1.42 bits per heavy atom. The number of nitrogen functional groups attached to an aromatic ring is 1. The minimum absolute atomic E-state index is 0. The molecule has 14 heteroatoms. The smallest absolute Gasteiger partial charge is 0.394 e. The topological polar surface area (TPSA) is 236 Å². The van der Waals surface area contributed by atoms with Gasteiger partial charge in [-0.05, 0) is 12.0 Å². The van der Waals surface area contributed by atoms with Crippen LogP contribution in [0.2, 0.25) is 0 Å². The molecule has 3 atom stereocenters. The average Bonchev–Trinajstić information content (AvgIpc) is 2.98. The van der Waals surface area contributed by atoms with Crippen LogP contribution in [0.15, 0.2) is 23.3 Å². The van der Waals surface area contributed by atoms with Crippen LogP contribution in [0.5, 0.6) is 0 Å². The molecule has 146 valence electrons. The van der Waals surface area contributed by atoms with Gasteiger partial charge in [-0.3, -0.25) is 18.9 Å². The van der Waals surface area contributed by atoms with Crippen molar-refractivity contribution in [2.45, 2.75) is 18.6 Å². The summed E-state index contributed by atoms with van der Waals surface area (Å²) in [6.07, 6.45) is 1.20. The highest BCUT2D eigenvalue weighted by Gasteiger charge is 2.37. The third-order valence-electron chi connectivity index (χ3n) is 3.82. The standard InChI is InChI=1S/C12H15N5O3.H2O4S.H2O/c1-5-6(3-18)8(19)2-7(5)17-4-14-9-10(17)15-12(13)16-11(9)20;1-5(2,3)4;/h4,6-8,18-19H,1-3H2,(H3,13,15,16,20);(H2,1,2,3,4);1H2/t6-,7-,8-;;/m0../s1. The third kappa shape index (κ3) is 4.63. The molecule has 0 aromatic carbocycles. The number of anilines is 1. The summed E-state index contributed by atoms with van der Waals surface area (Å²) >= 11 is 0. The van der Waals surface area contributed by atoms with Crippen LogP contribution in [0.1, 0.15) is 12.5 Å². The Balaban J connectivity index is 0.000000501. The molecule has 0 spiro atoms. The molecule has 0 bridgehead atoms. The van der Waals surface area contributed by atoms with Gasteiger partial charge in [-0.15, -0.1) is 0 Å². The monoisotopic (exact) mass is 393 g/mol. The van der Waals surface area contributed by atoms with Crippen molar-refractivity contribution in [1.82, 2.24) is 19.5 Å². The number of fused-ring (bicyclic) bond motifs is 1. The van der Waals surface area contributed by atoms with Gasteiger partial charge < -0.3 is 26.0 Å². The van der Waals surface area contributed by atoms with Gasteiger partial charge >= 0.3 is 10.4 Å². The lowest BCUT2D eigenvalue weighted by atomic mass is 10.0. The Morgan fingerprint density at radius 3 is 2.50 bits per heavy atom. The zero-order chi connectivity index (χ0) is 18.9. The molecule has 1 aliphatic carbocycles. The second kappa shape index (κ2) is 7.90. The largest absolute Gasteiger partial charge is 0.412 e. The van der Waals surface area contributed by atoms with Crippen molar-refractivity contribution in [3.05, 3.63) is 28.8 Å². The SMILES string of the molecule is C=C1[C@H](CO)[C@@H](O)C[C@@H]1n1cnc2c(=O)[nH]c(N)nc21.O.O=S(=O)(O)O. The van der Waals surface area contributed by atoms with Crippen molar-refractivity contribution < 1.29 is 33.2 Å². The minimum Gasteiger partial charge on any atom is -0.412 e. The molecule has 9 N–H and O–H groups in total. The summed E-state index contributed by atoms with van der Waals surface area (Å²) < 4.78 is 33.3. The summed E-state index contributed by atoms with van der Waals surface area (Å²) in [5, 5.41) is 19.2. The van der Waals surface area contributed by atoms with Gasteiger partial charge in [0.25, 0.3) is 5.56 Å². The van der Waals surface area contributed by atoms with Crippen LogP contribution in [0, 0.1) is 5.92 Å². The Morgan fingerprint density at radius 2 is 2.00 bits per heavy atom. The molecule has 13 nitrogen and oxygen atoms in total. The molecule has 0 aliphatic heterocycles. The van der Waals surface area contributed by atoms with Crippen molar-refractivity contribution in [2.24, 2.45) is 5.92 Å². The molecule has 1 fully saturated rings. The number of aromatic amines is 1. The number of H-pyrrole nitrogens is 1. The van der Waals surface area contributed by atoms with Gasteiger partial charge in [-0.1, -0.05) is 6.58 Å². The molecule has 0 radical (unpaired) electrons. The molecule has 2 heterocycles. The number of aliphatic hydroxyl groups excluding tert-OH is 2. The Kier molecular flexibility index (Phi) is 6.59. The zero-order valence-electron chi connectivity index (χ0n) is 13.3. The number of nitrogens with two attached hydrogens (primary N) is 1. The van der Waals surface area contributed by atoms with E-state index in [1.807, 2.05) is 0 Å². The molecule has 0 unspecified atom stereocenters. The van der Waals surface area contributed by atoms with Gasteiger partial charge in [0.2, 0.25) is 5.95 Å². The van der Waals surface area contributed by atoms with E-state index in [0.29, 0.717) is 17.6 Å². The first-order valence-corrected chi connectivity index (χ1v) is 8.32. The Hall–Kier alpha value is -2.36. The first-order valence-electron chi connectivity index (χ1n) is 6.92. The lowest BCUT2D eigenvalue weighted by Gasteiger charge is -2.15. The Labute approximate surface area is 146 Å². The summed E-state index contributed by atoms with van der Waals surface area (Å²) in [6.45, 7) is 3.76. The van der Waals surface area contributed by atoms with Gasteiger partial charge in [-0.25, -0.2) is 4.98 Å². The molecule has 1 saturated carbocycles. The first kappa shape index (κ1) is 21.7. The summed E-state index contributed by atoms with van der Waals surface area (Å²) in [5.74, 6) is -0.371. The van der Waals surface area contributed by atoms with E-state index in [4.69, 9.17) is 23.3 Å². The van der Waals surface area contributed by atoms with E-state index in [2.05, 4.69) is 21.5 Å². The van der Waals surface area contributed by atoms with Crippen molar-refractivity contribution >= 4 is 27.5 Å². The zero-order valence-corrected chi connectivity index (χ0v) is 14.1. The molecule has 2 aromatic rings. The van der Waals surface area contributed by atoms with E-state index in [1.54, 1.807) is 4.57 Å². The minimum atomic E-state index is -4.67. The molecule has 3 rings (SSSR count). The molecule has 26 heavy (non-hydrogen) atoms. The number of hydrogen-bond acceptors (Lipinski definition) is 8. The van der Waals surface area contributed by atoms with Gasteiger partial charge in [-0.2, -0.15) is 13.4 Å². The number of aromatic nitrogens is 4. The second-order valence-electron chi connectivity index (χ2n) is 5.41. The number of aliphatic hydroxyl groups is 2. The van der Waals surface area contributed by atoms with Gasteiger partial charge in [0.05, 0.1) is 25.1 Å². The molecule has 1 aliphatic rings. The molecular weight excluding hydrogens is 374 g/mol. The first-order chi connectivity index (χ1) is 11.5. The number of hydrogen-bond donors (Lipinski definition) is 6. The van der Waals surface area contributed by atoms with E-state index in [0.717, 1.165) is 0 Å². The maximum atomic E-state index is 11.7. The number of nitrogens with zero attached hydrogens (tertiary/aromatic N) is 3. The summed E-state index contributed by atoms with van der Waals surface area (Å²) in [4.78, 5) is 22.2. The fraction of sp³-hybridized carbons (Fsp3) is 0.417. The fourth-order valence-corrected chi connectivity index (χ4v) is 2.74. The van der Waals surface area contributed by atoms with Crippen LogP contribution >= 0.6 is 0 Å². The lowest BCUT2D eigenvalue weighted by Crippen LogP contribution is -2.17. The predicted molar refractivity (Wildman–Crippen MR) is 89.7 cm³/mol. The highest BCUT2D eigenvalue weighted by molar-refractivity contribution is 7.79. The van der Waals surface area contributed by atoms with E-state index < -0.39 is 22.1 Å². The molecular formula is C12H19N5O8S. The predicted octanol–water partition coefficient (Wildman–Crippen LogP) is -2.31. The van der Waals surface area contributed by atoms with Gasteiger partial charge in [0, 0.05) is 5.92 Å². The van der Waals surface area contributed by atoms with E-state index in [1.165, 1.54) is 6.33 Å². The van der Waals surface area contributed by atoms with E-state index >= 15 is 0 Å². The van der Waals surface area contributed by atoms with Crippen LogP contribution in [-0.4, -0.2) is 65.4 Å². The summed E-state index contributed by atoms with van der Waals surface area (Å²) in [6, 6.07) is -0.263. The lowest BCUT2D eigenvalue weighted by molar-refractivity contribution is 0.101. The van der Waals surface area contributed by atoms with Crippen LogP contribution < -0.4 is 11.3 Å². The maximum Gasteiger partial charge on any atom is 0.394 e. The highest BCUT2D eigenvalue weighted by Crippen LogP contribution is 2.39. The molecule has 0 saturated heterocycles. The van der Waals surface area contributed by atoms with Crippen LogP contribution in [0.3, 0.4) is 0 Å². The van der Waals surface area contributed by atoms with Crippen LogP contribution in [0.4, 0.5) is 5.95 Å². The quantitative estimate of drug-likeness (QED) is 0.235. The molecule has 0 amide bonds. The highest BCUT2D eigenvalue weighted by atomic mass is 32.3. The summed E-state index contributed by atoms with van der Waals surface area (Å²) in [7, 11) is -4.67. The average molecular weight is 393 g/mol. The number of rotatable bonds is 2. The van der Waals surface area contributed by atoms with Gasteiger partial charge in [0.15, 0.2) is 11.2 Å². The maximum absolute atomic E-state index is 11.7. The van der Waals surface area contributed by atoms with Crippen LogP contribution in [0.25, 0.3) is 11.2 Å². The van der Waals surface area contributed by atoms with Crippen molar-refractivity contribution in [3.8, 4) is 0 Å². The van der Waals surface area contributed by atoms with E-state index in [-0.39, 0.29) is 35.5 Å². The Bertz CT molecular complexity index is 944.